The molecule has 20 heavy (non-hydrogen) atoms. The maximum atomic E-state index is 11.8. The number of carbonyl (C=O) groups is 2. The van der Waals surface area contributed by atoms with Crippen LogP contribution in [0.15, 0.2) is 24.3 Å². The molecule has 6 heteroatoms. The number of nitrogens with one attached hydrogen (secondary N) is 1. The molecule has 1 rings (SSSR count). The third-order valence-corrected chi connectivity index (χ3v) is 2.77. The average Bonchev–Trinajstić information content (AvgIpc) is 2.44. The van der Waals surface area contributed by atoms with Gasteiger partial charge in [0.15, 0.2) is 0 Å². The van der Waals surface area contributed by atoms with Crippen molar-refractivity contribution < 1.29 is 19.4 Å². The van der Waals surface area contributed by atoms with Crippen LogP contribution < -0.4 is 10.1 Å². The van der Waals surface area contributed by atoms with Crippen LogP contribution >= 0.6 is 0 Å². The minimum Gasteiger partial charge on any atom is -0.497 e. The Morgan fingerprint density at radius 3 is 2.50 bits per heavy atom. The van der Waals surface area contributed by atoms with Crippen LogP contribution in [-0.4, -0.2) is 42.7 Å². The van der Waals surface area contributed by atoms with Crippen molar-refractivity contribution in [3.05, 3.63) is 29.8 Å². The molecule has 0 saturated heterocycles. The van der Waals surface area contributed by atoms with Gasteiger partial charge in [-0.2, -0.15) is 0 Å². The molecule has 0 aromatic heterocycles. The van der Waals surface area contributed by atoms with Crippen molar-refractivity contribution in [1.82, 2.24) is 10.2 Å². The third-order valence-electron chi connectivity index (χ3n) is 2.77. The Labute approximate surface area is 118 Å². The lowest BCUT2D eigenvalue weighted by atomic mass is 10.2. The van der Waals surface area contributed by atoms with E-state index in [1.807, 2.05) is 24.3 Å². The van der Waals surface area contributed by atoms with E-state index in [1.165, 1.54) is 0 Å². The van der Waals surface area contributed by atoms with E-state index in [1.54, 1.807) is 19.1 Å². The highest BCUT2D eigenvalue weighted by molar-refractivity contribution is 5.74. The quantitative estimate of drug-likeness (QED) is 0.745. The Bertz CT molecular complexity index is 445. The van der Waals surface area contributed by atoms with Gasteiger partial charge in [-0.3, -0.25) is 4.79 Å². The predicted octanol–water partition coefficient (Wildman–Crippen LogP) is 1.70. The molecule has 0 spiro atoms. The van der Waals surface area contributed by atoms with Crippen LogP contribution in [-0.2, 0) is 11.3 Å². The van der Waals surface area contributed by atoms with E-state index < -0.39 is 5.97 Å². The van der Waals surface area contributed by atoms with Crippen molar-refractivity contribution in [3.63, 3.8) is 0 Å². The van der Waals surface area contributed by atoms with Gasteiger partial charge in [-0.05, 0) is 24.1 Å². The molecule has 0 aliphatic rings. The molecule has 6 nitrogen and oxygen atoms in total. The van der Waals surface area contributed by atoms with E-state index in [0.29, 0.717) is 19.5 Å². The molecule has 0 unspecified atom stereocenters. The zero-order chi connectivity index (χ0) is 15.0. The Hall–Kier alpha value is -2.24. The lowest BCUT2D eigenvalue weighted by Crippen LogP contribution is -2.37. The van der Waals surface area contributed by atoms with Crippen molar-refractivity contribution in [2.24, 2.45) is 0 Å². The fourth-order valence-electron chi connectivity index (χ4n) is 1.65. The monoisotopic (exact) mass is 280 g/mol. The summed E-state index contributed by atoms with van der Waals surface area (Å²) in [5.41, 5.74) is 0.994. The van der Waals surface area contributed by atoms with Gasteiger partial charge in [0.25, 0.3) is 0 Å². The van der Waals surface area contributed by atoms with Crippen LogP contribution in [0.5, 0.6) is 5.75 Å². The van der Waals surface area contributed by atoms with Gasteiger partial charge in [0.05, 0.1) is 7.11 Å². The summed E-state index contributed by atoms with van der Waals surface area (Å²) in [5.74, 6) is -0.0830. The van der Waals surface area contributed by atoms with Crippen molar-refractivity contribution in [2.75, 3.05) is 20.7 Å². The van der Waals surface area contributed by atoms with Gasteiger partial charge in [0.1, 0.15) is 5.75 Å². The number of rotatable bonds is 7. The number of urea groups is 1. The second kappa shape index (κ2) is 8.04. The van der Waals surface area contributed by atoms with E-state index in [9.17, 15) is 9.59 Å². The average molecular weight is 280 g/mol. The molecule has 110 valence electrons. The first kappa shape index (κ1) is 15.8. The van der Waals surface area contributed by atoms with Crippen LogP contribution in [0.1, 0.15) is 18.4 Å². The van der Waals surface area contributed by atoms with Crippen molar-refractivity contribution >= 4 is 12.0 Å². The highest BCUT2D eigenvalue weighted by Crippen LogP contribution is 2.12. The zero-order valence-corrected chi connectivity index (χ0v) is 11.8. The summed E-state index contributed by atoms with van der Waals surface area (Å²) >= 11 is 0. The van der Waals surface area contributed by atoms with Crippen LogP contribution in [0.25, 0.3) is 0 Å². The lowest BCUT2D eigenvalue weighted by Gasteiger charge is -2.18. The number of methoxy groups -OCH3 is 1. The van der Waals surface area contributed by atoms with Gasteiger partial charge in [-0.1, -0.05) is 12.1 Å². The van der Waals surface area contributed by atoms with E-state index in [2.05, 4.69) is 5.32 Å². The Morgan fingerprint density at radius 2 is 1.95 bits per heavy atom. The number of carboxylic acid groups (broad SMARTS) is 1. The number of carboxylic acids is 1. The van der Waals surface area contributed by atoms with Gasteiger partial charge < -0.3 is 20.1 Å². The number of nitrogens with zero attached hydrogens (tertiary/aromatic N) is 1. The largest absolute Gasteiger partial charge is 0.497 e. The van der Waals surface area contributed by atoms with E-state index in [-0.39, 0.29) is 12.5 Å². The first-order valence-electron chi connectivity index (χ1n) is 6.36. The summed E-state index contributed by atoms with van der Waals surface area (Å²) in [4.78, 5) is 23.6. The molecule has 0 saturated carbocycles. The van der Waals surface area contributed by atoms with Crippen LogP contribution in [0.4, 0.5) is 4.79 Å². The number of hydrogen-bond acceptors (Lipinski definition) is 3. The zero-order valence-electron chi connectivity index (χ0n) is 11.8. The Kier molecular flexibility index (Phi) is 6.36. The van der Waals surface area contributed by atoms with E-state index in [4.69, 9.17) is 9.84 Å². The van der Waals surface area contributed by atoms with Gasteiger partial charge in [0.2, 0.25) is 0 Å². The summed E-state index contributed by atoms with van der Waals surface area (Å²) in [6.45, 7) is 0.840. The minimum atomic E-state index is -0.856. The van der Waals surface area contributed by atoms with Crippen molar-refractivity contribution in [1.29, 1.82) is 0 Å². The Balaban J connectivity index is 2.34. The Morgan fingerprint density at radius 1 is 1.30 bits per heavy atom. The SMILES string of the molecule is COc1ccc(CN(C)C(=O)NCCCC(=O)O)cc1. The normalized spacial score (nSPS) is 9.90. The summed E-state index contributed by atoms with van der Waals surface area (Å²) < 4.78 is 5.07. The standard InChI is InChI=1S/C14H20N2O4/c1-16(14(19)15-9-3-4-13(17)18)10-11-5-7-12(20-2)8-6-11/h5-8H,3-4,9-10H2,1-2H3,(H,15,19)(H,17,18). The molecular weight excluding hydrogens is 260 g/mol. The number of aliphatic carboxylic acids is 1. The number of amides is 2. The number of hydrogen-bond donors (Lipinski definition) is 2. The molecule has 0 atom stereocenters. The fourth-order valence-corrected chi connectivity index (χ4v) is 1.65. The molecule has 1 aromatic rings. The highest BCUT2D eigenvalue weighted by atomic mass is 16.5. The molecule has 0 bridgehead atoms. The van der Waals surface area contributed by atoms with Crippen LogP contribution in [0.3, 0.4) is 0 Å². The van der Waals surface area contributed by atoms with Crippen LogP contribution in [0, 0.1) is 0 Å². The first-order chi connectivity index (χ1) is 9.52. The van der Waals surface area contributed by atoms with Crippen molar-refractivity contribution in [2.45, 2.75) is 19.4 Å². The highest BCUT2D eigenvalue weighted by Gasteiger charge is 2.08. The summed E-state index contributed by atoms with van der Waals surface area (Å²) in [5, 5.41) is 11.2. The topological polar surface area (TPSA) is 78.9 Å². The molecule has 0 aliphatic carbocycles. The van der Waals surface area contributed by atoms with Crippen LogP contribution in [0.2, 0.25) is 0 Å². The second-order valence-electron chi connectivity index (χ2n) is 4.43. The maximum Gasteiger partial charge on any atom is 0.317 e. The van der Waals surface area contributed by atoms with Gasteiger partial charge in [-0.25, -0.2) is 4.79 Å². The number of ether oxygens (including phenoxy) is 1. The third kappa shape index (κ3) is 5.60. The van der Waals surface area contributed by atoms with E-state index >= 15 is 0 Å². The summed E-state index contributed by atoms with van der Waals surface area (Å²) in [6.07, 6.45) is 0.486. The summed E-state index contributed by atoms with van der Waals surface area (Å²) in [6, 6.07) is 7.26. The fraction of sp³-hybridized carbons (Fsp3) is 0.429. The van der Waals surface area contributed by atoms with E-state index in [0.717, 1.165) is 11.3 Å². The lowest BCUT2D eigenvalue weighted by molar-refractivity contribution is -0.137. The minimum absolute atomic E-state index is 0.0580. The number of carbonyl (C=O) groups excluding carboxylic acids is 1. The molecule has 2 N–H and O–H groups in total. The van der Waals surface area contributed by atoms with Gasteiger partial charge in [0, 0.05) is 26.6 Å². The molecular formula is C14H20N2O4. The molecule has 0 fully saturated rings. The molecule has 0 aliphatic heterocycles. The molecule has 0 heterocycles. The predicted molar refractivity (Wildman–Crippen MR) is 74.7 cm³/mol. The van der Waals surface area contributed by atoms with Crippen molar-refractivity contribution in [3.8, 4) is 5.75 Å². The number of benzene rings is 1. The van der Waals surface area contributed by atoms with Gasteiger partial charge in [-0.15, -0.1) is 0 Å². The second-order valence-corrected chi connectivity index (χ2v) is 4.43. The molecule has 0 radical (unpaired) electrons. The first-order valence-corrected chi connectivity index (χ1v) is 6.36. The molecule has 1 aromatic carbocycles. The van der Waals surface area contributed by atoms with Gasteiger partial charge >= 0.3 is 12.0 Å². The summed E-state index contributed by atoms with van der Waals surface area (Å²) in [7, 11) is 3.29. The maximum absolute atomic E-state index is 11.8. The molecule has 2 amide bonds. The smallest absolute Gasteiger partial charge is 0.317 e.